The lowest BCUT2D eigenvalue weighted by atomic mass is 10.1. The summed E-state index contributed by atoms with van der Waals surface area (Å²) in [5, 5.41) is 0.685. The van der Waals surface area contributed by atoms with Gasteiger partial charge in [-0.15, -0.1) is 0 Å². The summed E-state index contributed by atoms with van der Waals surface area (Å²) in [6, 6.07) is 24.9. The van der Waals surface area contributed by atoms with Crippen LogP contribution in [0.5, 0.6) is 5.75 Å². The Labute approximate surface area is 224 Å². The second-order valence-corrected chi connectivity index (χ2v) is 8.86. The van der Waals surface area contributed by atoms with Crippen LogP contribution in [0.3, 0.4) is 0 Å². The highest BCUT2D eigenvalue weighted by Crippen LogP contribution is 2.20. The second-order valence-electron chi connectivity index (χ2n) is 8.86. The van der Waals surface area contributed by atoms with E-state index in [0.29, 0.717) is 5.39 Å². The van der Waals surface area contributed by atoms with Crippen LogP contribution in [0.2, 0.25) is 0 Å². The van der Waals surface area contributed by atoms with Gasteiger partial charge in [0.2, 0.25) is 5.91 Å². The van der Waals surface area contributed by atoms with Gasteiger partial charge in [0.25, 0.3) is 0 Å². The normalized spacial score (nSPS) is 11.5. The zero-order valence-corrected chi connectivity index (χ0v) is 21.2. The van der Waals surface area contributed by atoms with Gasteiger partial charge in [-0.25, -0.2) is 14.5 Å². The molecule has 1 heterocycles. The molecule has 9 nitrogen and oxygen atoms in total. The fourth-order valence-electron chi connectivity index (χ4n) is 3.91. The number of nitrogens with zero attached hydrogens (tertiary/aromatic N) is 1. The molecule has 3 aromatic carbocycles. The number of fused-ring (bicyclic) bond motifs is 1. The van der Waals surface area contributed by atoms with Gasteiger partial charge in [0.15, 0.2) is 0 Å². The van der Waals surface area contributed by atoms with Gasteiger partial charge in [-0.2, -0.15) is 0 Å². The fourth-order valence-corrected chi connectivity index (χ4v) is 3.91. The Morgan fingerprint density at radius 2 is 1.54 bits per heavy atom. The van der Waals surface area contributed by atoms with E-state index in [1.807, 2.05) is 48.5 Å². The summed E-state index contributed by atoms with van der Waals surface area (Å²) >= 11 is 0. The summed E-state index contributed by atoms with van der Waals surface area (Å²) in [5.74, 6) is -0.969. The Balaban J connectivity index is 1.37. The van der Waals surface area contributed by atoms with Crippen molar-refractivity contribution in [3.8, 4) is 5.75 Å². The molecule has 0 fully saturated rings. The highest BCUT2D eigenvalue weighted by atomic mass is 16.6. The molecule has 0 saturated heterocycles. The molecule has 0 radical (unpaired) electrons. The molecule has 2 N–H and O–H groups in total. The smallest absolute Gasteiger partial charge is 0.416 e. The van der Waals surface area contributed by atoms with Gasteiger partial charge in [0.1, 0.15) is 17.9 Å². The lowest BCUT2D eigenvalue weighted by Crippen LogP contribution is -2.48. The first-order chi connectivity index (χ1) is 18.9. The Morgan fingerprint density at radius 1 is 0.872 bits per heavy atom. The number of rotatable bonds is 10. The minimum Gasteiger partial charge on any atom is -0.444 e. The maximum atomic E-state index is 13.2. The standard InChI is InChI=1S/C30H28N2O7/c31-25(18-21-8-3-1-4-9-21)29(35)32(30(36)37-20-22-10-5-2-6-11-22)17-7-12-27(33)38-24-15-13-23-14-16-28(34)39-26(23)19-24/h1-6,8-11,13-16,19,25H,7,12,17-18,20,31H2/t25-/m0/s1. The van der Waals surface area contributed by atoms with Crippen LogP contribution in [0.15, 0.2) is 100 Å². The summed E-state index contributed by atoms with van der Waals surface area (Å²) < 4.78 is 15.8. The minimum atomic E-state index is -0.976. The van der Waals surface area contributed by atoms with E-state index in [-0.39, 0.29) is 43.7 Å². The summed E-state index contributed by atoms with van der Waals surface area (Å²) in [5.41, 5.74) is 7.56. The van der Waals surface area contributed by atoms with E-state index in [2.05, 4.69) is 0 Å². The molecular weight excluding hydrogens is 500 g/mol. The predicted molar refractivity (Wildman–Crippen MR) is 144 cm³/mol. The van der Waals surface area contributed by atoms with E-state index in [9.17, 15) is 19.2 Å². The summed E-state index contributed by atoms with van der Waals surface area (Å²) in [7, 11) is 0. The van der Waals surface area contributed by atoms with Gasteiger partial charge < -0.3 is 19.6 Å². The van der Waals surface area contributed by atoms with Gasteiger partial charge in [-0.3, -0.25) is 9.59 Å². The molecule has 9 heteroatoms. The van der Waals surface area contributed by atoms with E-state index < -0.39 is 29.6 Å². The number of hydrogen-bond acceptors (Lipinski definition) is 8. The molecule has 0 bridgehead atoms. The number of carbonyl (C=O) groups excluding carboxylic acids is 3. The first kappa shape index (κ1) is 27.3. The van der Waals surface area contributed by atoms with Gasteiger partial charge >= 0.3 is 17.7 Å². The number of amides is 2. The fraction of sp³-hybridized carbons (Fsp3) is 0.200. The molecule has 1 aromatic heterocycles. The first-order valence-electron chi connectivity index (χ1n) is 12.5. The maximum absolute atomic E-state index is 13.2. The van der Waals surface area contributed by atoms with Crippen LogP contribution in [0.4, 0.5) is 4.79 Å². The van der Waals surface area contributed by atoms with Gasteiger partial charge in [-0.05, 0) is 42.2 Å². The zero-order chi connectivity index (χ0) is 27.6. The van der Waals surface area contributed by atoms with Crippen molar-refractivity contribution < 1.29 is 28.3 Å². The van der Waals surface area contributed by atoms with Crippen molar-refractivity contribution >= 4 is 28.9 Å². The molecule has 0 unspecified atom stereocenters. The third-order valence-corrected chi connectivity index (χ3v) is 5.90. The Bertz CT molecular complexity index is 1490. The molecule has 200 valence electrons. The molecule has 4 aromatic rings. The number of imide groups is 1. The average molecular weight is 529 g/mol. The minimum absolute atomic E-state index is 0.0164. The van der Waals surface area contributed by atoms with Crippen LogP contribution in [-0.4, -0.2) is 35.5 Å². The van der Waals surface area contributed by atoms with E-state index in [0.717, 1.165) is 16.0 Å². The lowest BCUT2D eigenvalue weighted by Gasteiger charge is -2.23. The quantitative estimate of drug-likeness (QED) is 0.184. The predicted octanol–water partition coefficient (Wildman–Crippen LogP) is 4.21. The number of hydrogen-bond donors (Lipinski definition) is 1. The Kier molecular flexibility index (Phi) is 9.20. The second kappa shape index (κ2) is 13.2. The van der Waals surface area contributed by atoms with Crippen molar-refractivity contribution in [2.24, 2.45) is 5.73 Å². The molecule has 0 aliphatic heterocycles. The molecule has 0 spiro atoms. The van der Waals surface area contributed by atoms with Crippen molar-refractivity contribution in [1.29, 1.82) is 0 Å². The number of benzene rings is 3. The monoisotopic (exact) mass is 528 g/mol. The summed E-state index contributed by atoms with van der Waals surface area (Å²) in [6.45, 7) is -0.103. The molecule has 0 aliphatic carbocycles. The van der Waals surface area contributed by atoms with Crippen LogP contribution in [0, 0.1) is 0 Å². The number of carbonyl (C=O) groups is 3. The van der Waals surface area contributed by atoms with Crippen molar-refractivity contribution in [2.75, 3.05) is 6.54 Å². The summed E-state index contributed by atoms with van der Waals surface area (Å²) in [4.78, 5) is 50.9. The highest BCUT2D eigenvalue weighted by molar-refractivity contribution is 5.95. The number of ether oxygens (including phenoxy) is 2. The molecule has 0 aliphatic rings. The average Bonchev–Trinajstić information content (AvgIpc) is 2.94. The Hall–Kier alpha value is -4.76. The molecule has 2 amide bonds. The van der Waals surface area contributed by atoms with E-state index in [1.165, 1.54) is 12.1 Å². The van der Waals surface area contributed by atoms with E-state index in [1.54, 1.807) is 30.3 Å². The number of nitrogens with two attached hydrogens (primary N) is 1. The molecule has 0 saturated carbocycles. The van der Waals surface area contributed by atoms with Crippen LogP contribution in [0.25, 0.3) is 11.0 Å². The van der Waals surface area contributed by atoms with Crippen LogP contribution < -0.4 is 16.1 Å². The molecular formula is C30H28N2O7. The lowest BCUT2D eigenvalue weighted by molar-refractivity contribution is -0.136. The zero-order valence-electron chi connectivity index (χ0n) is 21.2. The van der Waals surface area contributed by atoms with Gasteiger partial charge in [-0.1, -0.05) is 60.7 Å². The van der Waals surface area contributed by atoms with Crippen LogP contribution in [-0.2, 0) is 27.4 Å². The summed E-state index contributed by atoms with van der Waals surface area (Å²) in [6.07, 6.45) is -0.556. The first-order valence-corrected chi connectivity index (χ1v) is 12.5. The SMILES string of the molecule is N[C@@H](Cc1ccccc1)C(=O)N(CCCC(=O)Oc1ccc2ccc(=O)oc2c1)C(=O)OCc1ccccc1. The van der Waals surface area contributed by atoms with Crippen LogP contribution in [0.1, 0.15) is 24.0 Å². The molecule has 1 atom stereocenters. The third kappa shape index (κ3) is 7.86. The largest absolute Gasteiger partial charge is 0.444 e. The number of esters is 1. The van der Waals surface area contributed by atoms with Crippen LogP contribution >= 0.6 is 0 Å². The van der Waals surface area contributed by atoms with Gasteiger partial charge in [0.05, 0.1) is 6.04 Å². The van der Waals surface area contributed by atoms with E-state index >= 15 is 0 Å². The third-order valence-electron chi connectivity index (χ3n) is 5.90. The Morgan fingerprint density at radius 3 is 2.26 bits per heavy atom. The molecule has 4 rings (SSSR count). The van der Waals surface area contributed by atoms with Crippen molar-refractivity contribution in [2.45, 2.75) is 31.9 Å². The van der Waals surface area contributed by atoms with Crippen molar-refractivity contribution in [1.82, 2.24) is 4.90 Å². The highest BCUT2D eigenvalue weighted by Gasteiger charge is 2.28. The van der Waals surface area contributed by atoms with E-state index in [4.69, 9.17) is 19.6 Å². The van der Waals surface area contributed by atoms with Crippen molar-refractivity contribution in [3.05, 3.63) is 113 Å². The maximum Gasteiger partial charge on any atom is 0.416 e. The van der Waals surface area contributed by atoms with Gasteiger partial charge in [0, 0.05) is 30.5 Å². The molecule has 39 heavy (non-hydrogen) atoms. The van der Waals surface area contributed by atoms with Crippen molar-refractivity contribution in [3.63, 3.8) is 0 Å². The topological polar surface area (TPSA) is 129 Å².